The van der Waals surface area contributed by atoms with Crippen molar-refractivity contribution in [3.8, 4) is 22.4 Å². The highest BCUT2D eigenvalue weighted by Gasteiger charge is 2.53. The second-order valence-electron chi connectivity index (χ2n) is 16.6. The molecule has 3 amide bonds. The minimum atomic E-state index is -0.736. The molecule has 0 spiro atoms. The lowest BCUT2D eigenvalue weighted by Crippen LogP contribution is -2.51. The summed E-state index contributed by atoms with van der Waals surface area (Å²) in [5, 5.41) is 2.69. The number of ether oxygens (including phenoxy) is 3. The van der Waals surface area contributed by atoms with Crippen molar-refractivity contribution < 1.29 is 38.2 Å². The summed E-state index contributed by atoms with van der Waals surface area (Å²) in [5.41, 5.74) is 6.02. The van der Waals surface area contributed by atoms with Crippen molar-refractivity contribution >= 4 is 29.8 Å². The number of methoxy groups -OCH3 is 1. The first-order valence-electron chi connectivity index (χ1n) is 19.4. The summed E-state index contributed by atoms with van der Waals surface area (Å²) in [7, 11) is 1.28. The first-order chi connectivity index (χ1) is 26.2. The lowest BCUT2D eigenvalue weighted by molar-refractivity contribution is -0.150. The molecule has 1 saturated carbocycles. The van der Waals surface area contributed by atoms with Gasteiger partial charge in [0.05, 0.1) is 25.0 Å². The molecule has 2 N–H and O–H groups in total. The summed E-state index contributed by atoms with van der Waals surface area (Å²) in [6.45, 7) is 9.37. The number of fused-ring (bicyclic) bond motifs is 5. The van der Waals surface area contributed by atoms with Crippen molar-refractivity contribution in [2.75, 3.05) is 20.3 Å². The number of rotatable bonds is 9. The molecule has 3 fully saturated rings. The van der Waals surface area contributed by atoms with Crippen molar-refractivity contribution in [3.05, 3.63) is 65.1 Å². The summed E-state index contributed by atoms with van der Waals surface area (Å²) in [6.07, 6.45) is 6.20. The van der Waals surface area contributed by atoms with Gasteiger partial charge in [0.15, 0.2) is 12.4 Å². The molecule has 5 atom stereocenters. The van der Waals surface area contributed by atoms with Gasteiger partial charge in [-0.3, -0.25) is 14.5 Å². The van der Waals surface area contributed by atoms with E-state index in [9.17, 15) is 24.0 Å². The Bertz CT molecular complexity index is 2000. The average molecular weight is 754 g/mol. The Morgan fingerprint density at radius 3 is 2.42 bits per heavy atom. The van der Waals surface area contributed by atoms with Crippen LogP contribution >= 0.6 is 0 Å². The molecule has 292 valence electrons. The highest BCUT2D eigenvalue weighted by molar-refractivity contribution is 5.99. The number of hydrogen-bond acceptors (Lipinski definition) is 9. The zero-order valence-electron chi connectivity index (χ0n) is 32.5. The van der Waals surface area contributed by atoms with Gasteiger partial charge in [-0.05, 0) is 118 Å². The van der Waals surface area contributed by atoms with Gasteiger partial charge in [0.2, 0.25) is 5.91 Å². The van der Waals surface area contributed by atoms with E-state index < -0.39 is 42.4 Å². The number of ketones is 1. The van der Waals surface area contributed by atoms with Crippen LogP contribution in [0.15, 0.2) is 42.6 Å². The minimum absolute atomic E-state index is 0.00828. The van der Waals surface area contributed by atoms with Gasteiger partial charge in [-0.1, -0.05) is 38.1 Å². The number of imidazole rings is 1. The molecule has 13 nitrogen and oxygen atoms in total. The highest BCUT2D eigenvalue weighted by Crippen LogP contribution is 2.44. The molecule has 7 rings (SSSR count). The van der Waals surface area contributed by atoms with Gasteiger partial charge >= 0.3 is 18.2 Å². The number of H-pyrrole nitrogens is 1. The van der Waals surface area contributed by atoms with Gasteiger partial charge in [-0.2, -0.15) is 0 Å². The number of aryl methyl sites for hydroxylation is 2. The standard InChI is InChI=1S/C42H51N5O8/c1-23(2)35(45-40(51)53-6)38(49)46-17-7-8-33(46)37-43-21-32(44-37)26-12-15-30-24(18-26)9-10-25-19-27(13-16-31(25)30)34(48)22-54-39(50)36-28-11-14-29(20-28)47(36)41(52)55-42(3,4)5/h12-13,15-16,18-19,21,23,28-29,33,35-36H,7-11,14,17,20,22H2,1-6H3,(H,43,44)(H,45,51). The van der Waals surface area contributed by atoms with Crippen LogP contribution in [-0.2, 0) is 36.6 Å². The number of likely N-dealkylation sites (tertiary alicyclic amines) is 2. The summed E-state index contributed by atoms with van der Waals surface area (Å²) in [4.78, 5) is 76.6. The number of amides is 3. The summed E-state index contributed by atoms with van der Waals surface area (Å²) < 4.78 is 15.9. The molecule has 55 heavy (non-hydrogen) atoms. The van der Waals surface area contributed by atoms with Crippen LogP contribution in [-0.4, -0.2) is 93.6 Å². The Hall–Kier alpha value is -5.20. The minimum Gasteiger partial charge on any atom is -0.456 e. The molecule has 3 aromatic rings. The summed E-state index contributed by atoms with van der Waals surface area (Å²) in [5.74, 6) is -0.394. The van der Waals surface area contributed by atoms with Gasteiger partial charge in [0.1, 0.15) is 23.5 Å². The van der Waals surface area contributed by atoms with E-state index in [0.29, 0.717) is 17.9 Å². The fourth-order valence-electron chi connectivity index (χ4n) is 8.76. The van der Waals surface area contributed by atoms with Crippen molar-refractivity contribution in [2.45, 2.75) is 109 Å². The third-order valence-corrected chi connectivity index (χ3v) is 11.4. The van der Waals surface area contributed by atoms with E-state index in [-0.39, 0.29) is 35.6 Å². The van der Waals surface area contributed by atoms with E-state index in [4.69, 9.17) is 19.2 Å². The number of aromatic amines is 1. The van der Waals surface area contributed by atoms with Gasteiger partial charge in [0.25, 0.3) is 0 Å². The largest absolute Gasteiger partial charge is 0.456 e. The highest BCUT2D eigenvalue weighted by atomic mass is 16.6. The molecule has 2 aliphatic heterocycles. The van der Waals surface area contributed by atoms with E-state index in [1.54, 1.807) is 37.9 Å². The van der Waals surface area contributed by atoms with Gasteiger partial charge in [0, 0.05) is 18.2 Å². The Labute approximate surface area is 321 Å². The molecule has 2 saturated heterocycles. The Balaban J connectivity index is 1.00. The number of hydrogen-bond donors (Lipinski definition) is 2. The van der Waals surface area contributed by atoms with Crippen molar-refractivity contribution in [1.29, 1.82) is 0 Å². The summed E-state index contributed by atoms with van der Waals surface area (Å²) in [6, 6.07) is 10.2. The number of nitrogens with zero attached hydrogens (tertiary/aromatic N) is 3. The third kappa shape index (κ3) is 7.70. The monoisotopic (exact) mass is 753 g/mol. The lowest BCUT2D eigenvalue weighted by Gasteiger charge is -2.35. The zero-order valence-corrected chi connectivity index (χ0v) is 32.5. The van der Waals surface area contributed by atoms with Crippen LogP contribution in [0.4, 0.5) is 9.59 Å². The van der Waals surface area contributed by atoms with Crippen molar-refractivity contribution in [2.24, 2.45) is 11.8 Å². The molecule has 2 aliphatic carbocycles. The summed E-state index contributed by atoms with van der Waals surface area (Å²) >= 11 is 0. The van der Waals surface area contributed by atoms with Crippen LogP contribution in [0.25, 0.3) is 22.4 Å². The van der Waals surface area contributed by atoms with E-state index in [0.717, 1.165) is 72.9 Å². The Morgan fingerprint density at radius 2 is 1.71 bits per heavy atom. The van der Waals surface area contributed by atoms with Crippen LogP contribution in [0.2, 0.25) is 0 Å². The fraction of sp³-hybridized carbons (Fsp3) is 0.524. The number of piperidine rings is 1. The van der Waals surface area contributed by atoms with Crippen molar-refractivity contribution in [1.82, 2.24) is 25.1 Å². The van der Waals surface area contributed by atoms with Crippen LogP contribution in [0.5, 0.6) is 0 Å². The quantitative estimate of drug-likeness (QED) is 0.143. The van der Waals surface area contributed by atoms with E-state index >= 15 is 0 Å². The fourth-order valence-corrected chi connectivity index (χ4v) is 8.76. The molecule has 1 aromatic heterocycles. The van der Waals surface area contributed by atoms with Crippen LogP contribution in [0.3, 0.4) is 0 Å². The number of alkyl carbamates (subject to hydrolysis) is 1. The maximum Gasteiger partial charge on any atom is 0.411 e. The average Bonchev–Trinajstić information content (AvgIpc) is 3.99. The normalized spacial score (nSPS) is 21.9. The number of carbonyl (C=O) groups excluding carboxylic acids is 5. The van der Waals surface area contributed by atoms with Gasteiger partial charge < -0.3 is 29.4 Å². The second kappa shape index (κ2) is 15.1. The predicted octanol–water partition coefficient (Wildman–Crippen LogP) is 6.40. The van der Waals surface area contributed by atoms with Gasteiger partial charge in [-0.15, -0.1) is 0 Å². The second-order valence-corrected chi connectivity index (χ2v) is 16.6. The lowest BCUT2D eigenvalue weighted by atomic mass is 9.83. The zero-order chi connectivity index (χ0) is 39.2. The number of nitrogens with one attached hydrogen (secondary N) is 2. The first kappa shape index (κ1) is 38.1. The number of aromatic nitrogens is 2. The smallest absolute Gasteiger partial charge is 0.411 e. The van der Waals surface area contributed by atoms with E-state index in [2.05, 4.69) is 22.4 Å². The van der Waals surface area contributed by atoms with Crippen LogP contribution in [0.1, 0.15) is 100 Å². The molecule has 13 heteroatoms. The van der Waals surface area contributed by atoms with E-state index in [1.165, 1.54) is 17.6 Å². The topological polar surface area (TPSA) is 160 Å². The number of benzene rings is 2. The van der Waals surface area contributed by atoms with Crippen molar-refractivity contribution in [3.63, 3.8) is 0 Å². The molecule has 2 aromatic carbocycles. The molecule has 5 unspecified atom stereocenters. The SMILES string of the molecule is COC(=O)NC(C(=O)N1CCCC1c1ncc(-c2ccc3c(c2)CCc2cc(C(=O)COC(=O)C4C5CCC(C5)N4C(=O)OC(C)(C)C)ccc2-3)[nH]1)C(C)C. The third-order valence-electron chi connectivity index (χ3n) is 11.4. The number of Topliss-reactive ketones (excluding diaryl/α,β-unsaturated/α-hetero) is 1. The maximum atomic E-state index is 13.6. The Kier molecular flexibility index (Phi) is 10.5. The molecule has 4 aliphatic rings. The number of esters is 1. The maximum absolute atomic E-state index is 13.6. The number of carbonyl (C=O) groups is 5. The van der Waals surface area contributed by atoms with Gasteiger partial charge in [-0.25, -0.2) is 19.4 Å². The van der Waals surface area contributed by atoms with Crippen LogP contribution < -0.4 is 5.32 Å². The molecular weight excluding hydrogens is 702 g/mol. The molecule has 0 radical (unpaired) electrons. The molecule has 3 heterocycles. The molecular formula is C42H51N5O8. The first-order valence-corrected chi connectivity index (χ1v) is 19.4. The van der Waals surface area contributed by atoms with E-state index in [1.807, 2.05) is 32.0 Å². The molecule has 2 bridgehead atoms. The van der Waals surface area contributed by atoms with Crippen LogP contribution in [0, 0.1) is 11.8 Å². The Morgan fingerprint density at radius 1 is 0.982 bits per heavy atom. The predicted molar refractivity (Wildman–Crippen MR) is 203 cm³/mol.